The van der Waals surface area contributed by atoms with E-state index in [0.29, 0.717) is 19.0 Å². The van der Waals surface area contributed by atoms with E-state index < -0.39 is 22.4 Å². The van der Waals surface area contributed by atoms with Gasteiger partial charge in [-0.05, 0) is 25.5 Å². The van der Waals surface area contributed by atoms with Crippen molar-refractivity contribution < 1.29 is 18.1 Å². The van der Waals surface area contributed by atoms with Crippen molar-refractivity contribution in [2.75, 3.05) is 11.9 Å². The Kier molecular flexibility index (Phi) is 4.71. The molecule has 0 aliphatic heterocycles. The number of benzene rings is 1. The average Bonchev–Trinajstić information content (AvgIpc) is 2.27. The van der Waals surface area contributed by atoms with Gasteiger partial charge < -0.3 is 11.1 Å². The molecule has 3 N–H and O–H groups in total. The molecule has 8 heteroatoms. The van der Waals surface area contributed by atoms with Gasteiger partial charge >= 0.3 is 6.18 Å². The van der Waals surface area contributed by atoms with Gasteiger partial charge in [-0.15, -0.1) is 0 Å². The molecular formula is C11H14F3N3O2. The molecule has 0 spiro atoms. The molecule has 0 heterocycles. The highest BCUT2D eigenvalue weighted by Crippen LogP contribution is 2.34. The molecule has 5 nitrogen and oxygen atoms in total. The number of halogens is 3. The van der Waals surface area contributed by atoms with Crippen molar-refractivity contribution in [2.45, 2.75) is 25.6 Å². The van der Waals surface area contributed by atoms with Crippen LogP contribution in [0.5, 0.6) is 0 Å². The van der Waals surface area contributed by atoms with Crippen LogP contribution in [0.15, 0.2) is 18.2 Å². The first-order valence-corrected chi connectivity index (χ1v) is 5.57. The van der Waals surface area contributed by atoms with Gasteiger partial charge in [-0.1, -0.05) is 0 Å². The standard InChI is InChI=1S/C11H14F3N3O2/c1-7(15)4-5-16-9-3-2-8(11(12,13)14)6-10(9)17(18)19/h2-3,6-7,16H,4-5,15H2,1H3. The molecule has 0 fully saturated rings. The first-order valence-electron chi connectivity index (χ1n) is 5.57. The van der Waals surface area contributed by atoms with E-state index in [9.17, 15) is 23.3 Å². The first-order chi connectivity index (χ1) is 8.71. The maximum absolute atomic E-state index is 12.5. The molecule has 0 radical (unpaired) electrons. The smallest absolute Gasteiger partial charge is 0.379 e. The fraction of sp³-hybridized carbons (Fsp3) is 0.455. The van der Waals surface area contributed by atoms with E-state index in [1.165, 1.54) is 0 Å². The summed E-state index contributed by atoms with van der Waals surface area (Å²) in [6.07, 6.45) is -4.05. The molecule has 0 saturated carbocycles. The summed E-state index contributed by atoms with van der Waals surface area (Å²) >= 11 is 0. The van der Waals surface area contributed by atoms with Crippen LogP contribution in [-0.4, -0.2) is 17.5 Å². The van der Waals surface area contributed by atoms with Gasteiger partial charge in [-0.3, -0.25) is 10.1 Å². The highest BCUT2D eigenvalue weighted by Gasteiger charge is 2.32. The quantitative estimate of drug-likeness (QED) is 0.640. The number of nitro benzene ring substituents is 1. The topological polar surface area (TPSA) is 81.2 Å². The molecule has 0 saturated heterocycles. The Morgan fingerprint density at radius 3 is 2.58 bits per heavy atom. The van der Waals surface area contributed by atoms with Crippen LogP contribution < -0.4 is 11.1 Å². The van der Waals surface area contributed by atoms with Crippen LogP contribution >= 0.6 is 0 Å². The average molecular weight is 277 g/mol. The number of alkyl halides is 3. The molecule has 0 aliphatic carbocycles. The third-order valence-electron chi connectivity index (χ3n) is 2.44. The fourth-order valence-electron chi connectivity index (χ4n) is 1.44. The predicted molar refractivity (Wildman–Crippen MR) is 64.9 cm³/mol. The summed E-state index contributed by atoms with van der Waals surface area (Å²) in [5, 5.41) is 13.5. The van der Waals surface area contributed by atoms with E-state index in [4.69, 9.17) is 5.73 Å². The number of nitrogens with two attached hydrogens (primary N) is 1. The molecule has 1 unspecified atom stereocenters. The highest BCUT2D eigenvalue weighted by atomic mass is 19.4. The van der Waals surface area contributed by atoms with Crippen LogP contribution in [0.4, 0.5) is 24.5 Å². The molecule has 0 aromatic heterocycles. The normalized spacial score (nSPS) is 13.1. The Hall–Kier alpha value is -1.83. The number of rotatable bonds is 5. The van der Waals surface area contributed by atoms with Crippen molar-refractivity contribution in [2.24, 2.45) is 5.73 Å². The minimum atomic E-state index is -4.60. The maximum Gasteiger partial charge on any atom is 0.416 e. The van der Waals surface area contributed by atoms with Crippen molar-refractivity contribution in [1.82, 2.24) is 0 Å². The van der Waals surface area contributed by atoms with E-state index >= 15 is 0 Å². The molecule has 1 aromatic rings. The van der Waals surface area contributed by atoms with E-state index in [-0.39, 0.29) is 11.7 Å². The van der Waals surface area contributed by atoms with Gasteiger partial charge in [0.25, 0.3) is 5.69 Å². The lowest BCUT2D eigenvalue weighted by molar-refractivity contribution is -0.384. The zero-order chi connectivity index (χ0) is 14.6. The lowest BCUT2D eigenvalue weighted by atomic mass is 10.1. The Morgan fingerprint density at radius 1 is 1.47 bits per heavy atom. The maximum atomic E-state index is 12.5. The highest BCUT2D eigenvalue weighted by molar-refractivity contribution is 5.62. The minimum absolute atomic E-state index is 0.0543. The number of nitrogens with one attached hydrogen (secondary N) is 1. The van der Waals surface area contributed by atoms with Crippen LogP contribution in [0.1, 0.15) is 18.9 Å². The lowest BCUT2D eigenvalue weighted by Crippen LogP contribution is -2.19. The van der Waals surface area contributed by atoms with Gasteiger partial charge in [0.05, 0.1) is 10.5 Å². The third kappa shape index (κ3) is 4.40. The van der Waals surface area contributed by atoms with E-state index in [0.717, 1.165) is 12.1 Å². The summed E-state index contributed by atoms with van der Waals surface area (Å²) in [5.41, 5.74) is 3.93. The number of hydrogen-bond donors (Lipinski definition) is 2. The van der Waals surface area contributed by atoms with Crippen molar-refractivity contribution in [1.29, 1.82) is 0 Å². The van der Waals surface area contributed by atoms with Crippen LogP contribution in [0, 0.1) is 10.1 Å². The molecule has 0 aliphatic rings. The van der Waals surface area contributed by atoms with Gasteiger partial charge in [0.15, 0.2) is 0 Å². The summed E-state index contributed by atoms with van der Waals surface area (Å²) in [5.74, 6) is 0. The van der Waals surface area contributed by atoms with Crippen molar-refractivity contribution in [3.63, 3.8) is 0 Å². The lowest BCUT2D eigenvalue weighted by Gasteiger charge is -2.11. The second-order valence-electron chi connectivity index (χ2n) is 4.18. The number of hydrogen-bond acceptors (Lipinski definition) is 4. The Balaban J connectivity index is 2.96. The summed E-state index contributed by atoms with van der Waals surface area (Å²) < 4.78 is 37.4. The number of anilines is 1. The van der Waals surface area contributed by atoms with Gasteiger partial charge in [-0.2, -0.15) is 13.2 Å². The van der Waals surface area contributed by atoms with E-state index in [1.54, 1.807) is 6.92 Å². The summed E-state index contributed by atoms with van der Waals surface area (Å²) in [4.78, 5) is 9.93. The minimum Gasteiger partial charge on any atom is -0.379 e. The van der Waals surface area contributed by atoms with Crippen LogP contribution in [0.3, 0.4) is 0 Å². The fourth-order valence-corrected chi connectivity index (χ4v) is 1.44. The predicted octanol–water partition coefficient (Wildman–Crippen LogP) is 2.76. The molecular weight excluding hydrogens is 263 g/mol. The van der Waals surface area contributed by atoms with Gasteiger partial charge in [-0.25, -0.2) is 0 Å². The number of nitro groups is 1. The Bertz CT molecular complexity index is 461. The Morgan fingerprint density at radius 2 is 2.11 bits per heavy atom. The van der Waals surface area contributed by atoms with E-state index in [1.807, 2.05) is 0 Å². The third-order valence-corrected chi connectivity index (χ3v) is 2.44. The molecule has 106 valence electrons. The zero-order valence-electron chi connectivity index (χ0n) is 10.2. The summed E-state index contributed by atoms with van der Waals surface area (Å²) in [6, 6.07) is 2.29. The van der Waals surface area contributed by atoms with Crippen LogP contribution in [0.2, 0.25) is 0 Å². The van der Waals surface area contributed by atoms with E-state index in [2.05, 4.69) is 5.32 Å². The molecule has 19 heavy (non-hydrogen) atoms. The molecule has 1 atom stereocenters. The molecule has 1 rings (SSSR count). The number of nitrogens with zero attached hydrogens (tertiary/aromatic N) is 1. The zero-order valence-corrected chi connectivity index (χ0v) is 10.2. The Labute approximate surface area is 107 Å². The van der Waals surface area contributed by atoms with Gasteiger partial charge in [0, 0.05) is 18.7 Å². The molecule has 1 aromatic carbocycles. The largest absolute Gasteiger partial charge is 0.416 e. The van der Waals surface area contributed by atoms with Crippen molar-refractivity contribution >= 4 is 11.4 Å². The SMILES string of the molecule is CC(N)CCNc1ccc(C(F)(F)F)cc1[N+](=O)[O-]. The molecule has 0 amide bonds. The molecule has 0 bridgehead atoms. The first kappa shape index (κ1) is 15.2. The second kappa shape index (κ2) is 5.87. The summed E-state index contributed by atoms with van der Waals surface area (Å²) in [6.45, 7) is 2.12. The monoisotopic (exact) mass is 277 g/mol. The van der Waals surface area contributed by atoms with Crippen molar-refractivity contribution in [3.8, 4) is 0 Å². The van der Waals surface area contributed by atoms with Crippen LogP contribution in [0.25, 0.3) is 0 Å². The van der Waals surface area contributed by atoms with Gasteiger partial charge in [0.2, 0.25) is 0 Å². The van der Waals surface area contributed by atoms with Crippen molar-refractivity contribution in [3.05, 3.63) is 33.9 Å². The van der Waals surface area contributed by atoms with Gasteiger partial charge in [0.1, 0.15) is 5.69 Å². The van der Waals surface area contributed by atoms with Crippen LogP contribution in [-0.2, 0) is 6.18 Å². The second-order valence-corrected chi connectivity index (χ2v) is 4.18. The summed E-state index contributed by atoms with van der Waals surface area (Å²) in [7, 11) is 0.